The van der Waals surface area contributed by atoms with E-state index in [0.29, 0.717) is 6.54 Å². The normalized spacial score (nSPS) is 10.5. The van der Waals surface area contributed by atoms with Crippen molar-refractivity contribution in [3.05, 3.63) is 65.2 Å². The number of carbonyl (C=O) groups excluding carboxylic acids is 1. The molecule has 0 aliphatic carbocycles. The van der Waals surface area contributed by atoms with Crippen LogP contribution in [0.4, 0.5) is 0 Å². The van der Waals surface area contributed by atoms with Gasteiger partial charge in [0.15, 0.2) is 0 Å². The van der Waals surface area contributed by atoms with Crippen molar-refractivity contribution in [2.45, 2.75) is 24.5 Å². The minimum Gasteiger partial charge on any atom is -0.351 e. The van der Waals surface area contributed by atoms with Gasteiger partial charge in [-0.05, 0) is 35.9 Å². The molecule has 2 nitrogen and oxygen atoms in total. The van der Waals surface area contributed by atoms with Gasteiger partial charge in [-0.15, -0.1) is 11.8 Å². The molecule has 0 atom stereocenters. The molecule has 23 heavy (non-hydrogen) atoms. The molecule has 0 saturated heterocycles. The van der Waals surface area contributed by atoms with Crippen LogP contribution in [0, 0.1) is 6.92 Å². The van der Waals surface area contributed by atoms with Crippen molar-refractivity contribution < 1.29 is 4.79 Å². The van der Waals surface area contributed by atoms with Crippen molar-refractivity contribution in [1.82, 2.24) is 5.32 Å². The molecular formula is C19H23NOS2. The lowest BCUT2D eigenvalue weighted by Crippen LogP contribution is -2.26. The largest absolute Gasteiger partial charge is 0.351 e. The van der Waals surface area contributed by atoms with E-state index in [9.17, 15) is 4.79 Å². The molecule has 0 unspecified atom stereocenters. The van der Waals surface area contributed by atoms with Gasteiger partial charge in [-0.1, -0.05) is 43.3 Å². The van der Waals surface area contributed by atoms with Crippen molar-refractivity contribution >= 4 is 29.4 Å². The first kappa shape index (κ1) is 18.0. The van der Waals surface area contributed by atoms with Gasteiger partial charge in [0, 0.05) is 22.9 Å². The van der Waals surface area contributed by atoms with E-state index < -0.39 is 0 Å². The van der Waals surface area contributed by atoms with Crippen molar-refractivity contribution in [2.24, 2.45) is 0 Å². The lowest BCUT2D eigenvalue weighted by Gasteiger charge is -2.09. The average Bonchev–Trinajstić information content (AvgIpc) is 2.57. The second-order valence-electron chi connectivity index (χ2n) is 5.16. The van der Waals surface area contributed by atoms with Crippen LogP contribution in [0.1, 0.15) is 28.4 Å². The van der Waals surface area contributed by atoms with Crippen LogP contribution in [0.2, 0.25) is 0 Å². The van der Waals surface area contributed by atoms with Gasteiger partial charge in [0.2, 0.25) is 0 Å². The molecule has 4 heteroatoms. The van der Waals surface area contributed by atoms with Gasteiger partial charge in [-0.3, -0.25) is 4.79 Å². The summed E-state index contributed by atoms with van der Waals surface area (Å²) in [5.41, 5.74) is 3.48. The Balaban J connectivity index is 1.76. The second kappa shape index (κ2) is 9.68. The van der Waals surface area contributed by atoms with Crippen LogP contribution in [0.25, 0.3) is 0 Å². The zero-order valence-corrected chi connectivity index (χ0v) is 15.3. The first-order valence-electron chi connectivity index (χ1n) is 7.84. The summed E-state index contributed by atoms with van der Waals surface area (Å²) in [5.74, 6) is 2.91. The SMILES string of the molecule is CCSc1ccccc1C(=O)NCCSCc1ccccc1C. The number of rotatable bonds is 8. The van der Waals surface area contributed by atoms with E-state index in [1.165, 1.54) is 11.1 Å². The van der Waals surface area contributed by atoms with E-state index in [1.807, 2.05) is 36.0 Å². The monoisotopic (exact) mass is 345 g/mol. The molecule has 0 saturated carbocycles. The Morgan fingerprint density at radius 1 is 1.09 bits per heavy atom. The van der Waals surface area contributed by atoms with Crippen molar-refractivity contribution in [1.29, 1.82) is 0 Å². The molecule has 0 aliphatic heterocycles. The lowest BCUT2D eigenvalue weighted by atomic mass is 10.1. The third-order valence-electron chi connectivity index (χ3n) is 3.48. The minimum atomic E-state index is 0.0260. The molecule has 122 valence electrons. The van der Waals surface area contributed by atoms with E-state index in [2.05, 4.69) is 43.4 Å². The fourth-order valence-corrected chi connectivity index (χ4v) is 3.96. The molecule has 0 fully saturated rings. The van der Waals surface area contributed by atoms with E-state index in [-0.39, 0.29) is 5.91 Å². The minimum absolute atomic E-state index is 0.0260. The van der Waals surface area contributed by atoms with Gasteiger partial charge < -0.3 is 5.32 Å². The zero-order valence-electron chi connectivity index (χ0n) is 13.7. The summed E-state index contributed by atoms with van der Waals surface area (Å²) < 4.78 is 0. The molecule has 1 amide bonds. The maximum Gasteiger partial charge on any atom is 0.252 e. The molecule has 0 aliphatic rings. The van der Waals surface area contributed by atoms with E-state index in [1.54, 1.807) is 11.8 Å². The summed E-state index contributed by atoms with van der Waals surface area (Å²) in [6.07, 6.45) is 0. The molecule has 1 N–H and O–H groups in total. The number of thioether (sulfide) groups is 2. The van der Waals surface area contributed by atoms with Crippen LogP contribution < -0.4 is 5.32 Å². The van der Waals surface area contributed by atoms with Crippen molar-refractivity contribution in [3.63, 3.8) is 0 Å². The molecule has 0 heterocycles. The maximum absolute atomic E-state index is 12.3. The summed E-state index contributed by atoms with van der Waals surface area (Å²) >= 11 is 3.56. The third-order valence-corrected chi connectivity index (χ3v) is 5.45. The Morgan fingerprint density at radius 3 is 2.61 bits per heavy atom. The molecule has 0 spiro atoms. The molecule has 2 aromatic rings. The summed E-state index contributed by atoms with van der Waals surface area (Å²) in [5, 5.41) is 3.03. The van der Waals surface area contributed by atoms with Crippen LogP contribution in [-0.4, -0.2) is 24.0 Å². The Morgan fingerprint density at radius 2 is 1.83 bits per heavy atom. The van der Waals surface area contributed by atoms with Crippen LogP contribution in [0.15, 0.2) is 53.4 Å². The topological polar surface area (TPSA) is 29.1 Å². The number of nitrogens with one attached hydrogen (secondary N) is 1. The predicted molar refractivity (Wildman–Crippen MR) is 103 cm³/mol. The Labute approximate surface area is 147 Å². The number of benzene rings is 2. The van der Waals surface area contributed by atoms with Crippen LogP contribution in [-0.2, 0) is 5.75 Å². The number of carbonyl (C=O) groups is 1. The van der Waals surface area contributed by atoms with Gasteiger partial charge in [0.25, 0.3) is 5.91 Å². The Hall–Kier alpha value is -1.39. The van der Waals surface area contributed by atoms with Crippen molar-refractivity contribution in [3.8, 4) is 0 Å². The van der Waals surface area contributed by atoms with E-state index in [0.717, 1.165) is 27.7 Å². The van der Waals surface area contributed by atoms with E-state index in [4.69, 9.17) is 0 Å². The molecule has 0 aromatic heterocycles. The highest BCUT2D eigenvalue weighted by molar-refractivity contribution is 7.99. The summed E-state index contributed by atoms with van der Waals surface area (Å²) in [7, 11) is 0. The standard InChI is InChI=1S/C19H23NOS2/c1-3-23-18-11-7-6-10-17(18)19(21)20-12-13-22-14-16-9-5-4-8-15(16)2/h4-11H,3,12-14H2,1-2H3,(H,20,21). The molecule has 0 bridgehead atoms. The summed E-state index contributed by atoms with van der Waals surface area (Å²) in [4.78, 5) is 13.3. The number of hydrogen-bond donors (Lipinski definition) is 1. The quantitative estimate of drug-likeness (QED) is 0.552. The van der Waals surface area contributed by atoms with Gasteiger partial charge >= 0.3 is 0 Å². The smallest absolute Gasteiger partial charge is 0.252 e. The Bertz CT molecular complexity index is 643. The number of hydrogen-bond acceptors (Lipinski definition) is 3. The number of amides is 1. The fraction of sp³-hybridized carbons (Fsp3) is 0.316. The zero-order chi connectivity index (χ0) is 16.5. The predicted octanol–water partition coefficient (Wildman–Crippen LogP) is 4.77. The van der Waals surface area contributed by atoms with Crippen LogP contribution in [0.5, 0.6) is 0 Å². The van der Waals surface area contributed by atoms with Crippen LogP contribution >= 0.6 is 23.5 Å². The van der Waals surface area contributed by atoms with Gasteiger partial charge in [0.1, 0.15) is 0 Å². The summed E-state index contributed by atoms with van der Waals surface area (Å²) in [6.45, 7) is 4.93. The van der Waals surface area contributed by atoms with Crippen molar-refractivity contribution in [2.75, 3.05) is 18.1 Å². The highest BCUT2D eigenvalue weighted by Crippen LogP contribution is 2.22. The van der Waals surface area contributed by atoms with Gasteiger partial charge in [-0.25, -0.2) is 0 Å². The average molecular weight is 346 g/mol. The first-order chi connectivity index (χ1) is 11.2. The van der Waals surface area contributed by atoms with Gasteiger partial charge in [0.05, 0.1) is 5.56 Å². The third kappa shape index (κ3) is 5.63. The maximum atomic E-state index is 12.3. The van der Waals surface area contributed by atoms with Gasteiger partial charge in [-0.2, -0.15) is 11.8 Å². The highest BCUT2D eigenvalue weighted by atomic mass is 32.2. The van der Waals surface area contributed by atoms with E-state index >= 15 is 0 Å². The molecule has 2 aromatic carbocycles. The molecular weight excluding hydrogens is 322 g/mol. The number of aryl methyl sites for hydroxylation is 1. The summed E-state index contributed by atoms with van der Waals surface area (Å²) in [6, 6.07) is 16.2. The molecule has 0 radical (unpaired) electrons. The fourth-order valence-electron chi connectivity index (χ4n) is 2.22. The second-order valence-corrected chi connectivity index (χ2v) is 7.58. The highest BCUT2D eigenvalue weighted by Gasteiger charge is 2.10. The Kier molecular flexibility index (Phi) is 7.56. The van der Waals surface area contributed by atoms with Crippen LogP contribution in [0.3, 0.4) is 0 Å². The molecule has 2 rings (SSSR count). The first-order valence-corrected chi connectivity index (χ1v) is 9.98. The lowest BCUT2D eigenvalue weighted by molar-refractivity contribution is 0.0953.